The first kappa shape index (κ1) is 13.6. The molecule has 1 heterocycles. The number of hydrogen-bond donors (Lipinski definition) is 2. The van der Waals surface area contributed by atoms with Gasteiger partial charge in [-0.05, 0) is 38.1 Å². The van der Waals surface area contributed by atoms with E-state index in [1.54, 1.807) is 12.1 Å². The van der Waals surface area contributed by atoms with E-state index in [1.165, 1.54) is 5.56 Å². The number of carboxylic acids is 1. The van der Waals surface area contributed by atoms with Crippen LogP contribution in [0.3, 0.4) is 0 Å². The molecule has 0 fully saturated rings. The first-order chi connectivity index (χ1) is 9.04. The molecule has 0 spiro atoms. The van der Waals surface area contributed by atoms with Gasteiger partial charge in [0.2, 0.25) is 0 Å². The Balaban J connectivity index is 2.57. The number of rotatable bonds is 5. The molecule has 2 aromatic rings. The molecular weight excluding hydrogens is 240 g/mol. The normalized spacial score (nSPS) is 11.4. The molecule has 0 radical (unpaired) electrons. The van der Waals surface area contributed by atoms with E-state index >= 15 is 0 Å². The van der Waals surface area contributed by atoms with Crippen molar-refractivity contribution >= 4 is 16.9 Å². The maximum absolute atomic E-state index is 11.1. The molecule has 0 unspecified atom stereocenters. The van der Waals surface area contributed by atoms with E-state index in [0.29, 0.717) is 11.6 Å². The molecular formula is C15H20N2O2. The number of aromatic nitrogens is 1. The summed E-state index contributed by atoms with van der Waals surface area (Å²) >= 11 is 0. The zero-order valence-electron chi connectivity index (χ0n) is 11.6. The van der Waals surface area contributed by atoms with Gasteiger partial charge in [-0.2, -0.15) is 0 Å². The summed E-state index contributed by atoms with van der Waals surface area (Å²) < 4.78 is 2.13. The standard InChI is InChI=1S/C15H20N2O2/c1-4-16-8-12-9-17(10(2)3)14-7-11(15(18)19)5-6-13(12)14/h5-7,9-10,16H,4,8H2,1-3H3,(H,18,19). The first-order valence-corrected chi connectivity index (χ1v) is 6.62. The van der Waals surface area contributed by atoms with Crippen molar-refractivity contribution in [2.45, 2.75) is 33.4 Å². The van der Waals surface area contributed by atoms with E-state index in [0.717, 1.165) is 24.0 Å². The highest BCUT2D eigenvalue weighted by Gasteiger charge is 2.12. The van der Waals surface area contributed by atoms with Crippen LogP contribution in [-0.2, 0) is 6.54 Å². The minimum atomic E-state index is -0.883. The molecule has 1 aromatic carbocycles. The first-order valence-electron chi connectivity index (χ1n) is 6.62. The highest BCUT2D eigenvalue weighted by molar-refractivity contribution is 5.94. The molecule has 2 rings (SSSR count). The van der Waals surface area contributed by atoms with Crippen molar-refractivity contribution in [2.24, 2.45) is 0 Å². The molecule has 0 aliphatic rings. The molecule has 2 N–H and O–H groups in total. The van der Waals surface area contributed by atoms with Crippen LogP contribution in [0.1, 0.15) is 42.7 Å². The topological polar surface area (TPSA) is 54.3 Å². The third kappa shape index (κ3) is 2.63. The van der Waals surface area contributed by atoms with Crippen molar-refractivity contribution in [1.82, 2.24) is 9.88 Å². The van der Waals surface area contributed by atoms with Crippen LogP contribution < -0.4 is 5.32 Å². The Morgan fingerprint density at radius 2 is 2.16 bits per heavy atom. The Morgan fingerprint density at radius 3 is 2.74 bits per heavy atom. The Labute approximate surface area is 113 Å². The van der Waals surface area contributed by atoms with Crippen LogP contribution in [0.2, 0.25) is 0 Å². The smallest absolute Gasteiger partial charge is 0.335 e. The molecule has 0 saturated heterocycles. The fourth-order valence-electron chi connectivity index (χ4n) is 2.28. The average molecular weight is 260 g/mol. The SMILES string of the molecule is CCNCc1cn(C(C)C)c2cc(C(=O)O)ccc12. The molecule has 0 saturated carbocycles. The predicted octanol–water partition coefficient (Wildman–Crippen LogP) is 3.03. The zero-order chi connectivity index (χ0) is 14.0. The second-order valence-electron chi connectivity index (χ2n) is 4.97. The molecule has 4 heteroatoms. The van der Waals surface area contributed by atoms with Gasteiger partial charge in [-0.1, -0.05) is 13.0 Å². The predicted molar refractivity (Wildman–Crippen MR) is 76.7 cm³/mol. The van der Waals surface area contributed by atoms with E-state index < -0.39 is 5.97 Å². The van der Waals surface area contributed by atoms with Gasteiger partial charge < -0.3 is 15.0 Å². The maximum atomic E-state index is 11.1. The molecule has 19 heavy (non-hydrogen) atoms. The summed E-state index contributed by atoms with van der Waals surface area (Å²) in [6, 6.07) is 5.64. The summed E-state index contributed by atoms with van der Waals surface area (Å²) in [4.78, 5) is 11.1. The van der Waals surface area contributed by atoms with E-state index in [2.05, 4.69) is 36.9 Å². The average Bonchev–Trinajstić information content (AvgIpc) is 2.74. The lowest BCUT2D eigenvalue weighted by Gasteiger charge is -2.09. The van der Waals surface area contributed by atoms with Crippen molar-refractivity contribution < 1.29 is 9.90 Å². The molecule has 102 valence electrons. The lowest BCUT2D eigenvalue weighted by atomic mass is 10.1. The molecule has 0 atom stereocenters. The van der Waals surface area contributed by atoms with Gasteiger partial charge in [-0.25, -0.2) is 4.79 Å². The summed E-state index contributed by atoms with van der Waals surface area (Å²) in [5, 5.41) is 13.5. The summed E-state index contributed by atoms with van der Waals surface area (Å²) in [6.07, 6.45) is 2.11. The lowest BCUT2D eigenvalue weighted by molar-refractivity contribution is 0.0697. The Kier molecular flexibility index (Phi) is 3.90. The lowest BCUT2D eigenvalue weighted by Crippen LogP contribution is -2.11. The molecule has 0 aliphatic heterocycles. The summed E-state index contributed by atoms with van der Waals surface area (Å²) in [5.41, 5.74) is 2.53. The van der Waals surface area contributed by atoms with Gasteiger partial charge in [0.15, 0.2) is 0 Å². The fraction of sp³-hybridized carbons (Fsp3) is 0.400. The van der Waals surface area contributed by atoms with Crippen LogP contribution in [-0.4, -0.2) is 22.2 Å². The monoisotopic (exact) mass is 260 g/mol. The zero-order valence-corrected chi connectivity index (χ0v) is 11.6. The van der Waals surface area contributed by atoms with Crippen LogP contribution in [0, 0.1) is 0 Å². The summed E-state index contributed by atoms with van der Waals surface area (Å²) in [5.74, 6) is -0.883. The van der Waals surface area contributed by atoms with Gasteiger partial charge in [0.05, 0.1) is 5.56 Å². The quantitative estimate of drug-likeness (QED) is 0.868. The number of nitrogens with one attached hydrogen (secondary N) is 1. The van der Waals surface area contributed by atoms with Crippen molar-refractivity contribution in [3.63, 3.8) is 0 Å². The molecule has 4 nitrogen and oxygen atoms in total. The Morgan fingerprint density at radius 1 is 1.42 bits per heavy atom. The van der Waals surface area contributed by atoms with E-state index in [4.69, 9.17) is 5.11 Å². The fourth-order valence-corrected chi connectivity index (χ4v) is 2.28. The number of fused-ring (bicyclic) bond motifs is 1. The largest absolute Gasteiger partial charge is 0.478 e. The van der Waals surface area contributed by atoms with Gasteiger partial charge in [0, 0.05) is 29.7 Å². The number of nitrogens with zero attached hydrogens (tertiary/aromatic N) is 1. The summed E-state index contributed by atoms with van der Waals surface area (Å²) in [7, 11) is 0. The number of hydrogen-bond acceptors (Lipinski definition) is 2. The Hall–Kier alpha value is -1.81. The minimum absolute atomic E-state index is 0.307. The Bertz CT molecular complexity index is 599. The van der Waals surface area contributed by atoms with Gasteiger partial charge in [-0.3, -0.25) is 0 Å². The molecule has 1 aromatic heterocycles. The molecule has 0 aliphatic carbocycles. The number of carboxylic acid groups (broad SMARTS) is 1. The maximum Gasteiger partial charge on any atom is 0.335 e. The van der Waals surface area contributed by atoms with Crippen LogP contribution in [0.15, 0.2) is 24.4 Å². The highest BCUT2D eigenvalue weighted by atomic mass is 16.4. The summed E-state index contributed by atoms with van der Waals surface area (Å²) in [6.45, 7) is 8.00. The van der Waals surface area contributed by atoms with Crippen molar-refractivity contribution in [3.05, 3.63) is 35.5 Å². The van der Waals surface area contributed by atoms with Crippen LogP contribution in [0.4, 0.5) is 0 Å². The van der Waals surface area contributed by atoms with Crippen LogP contribution >= 0.6 is 0 Å². The van der Waals surface area contributed by atoms with Gasteiger partial charge in [-0.15, -0.1) is 0 Å². The van der Waals surface area contributed by atoms with E-state index in [1.807, 2.05) is 6.07 Å². The molecule has 0 amide bonds. The number of aromatic carboxylic acids is 1. The molecule has 0 bridgehead atoms. The van der Waals surface area contributed by atoms with E-state index in [-0.39, 0.29) is 0 Å². The van der Waals surface area contributed by atoms with Gasteiger partial charge >= 0.3 is 5.97 Å². The van der Waals surface area contributed by atoms with Crippen molar-refractivity contribution in [2.75, 3.05) is 6.54 Å². The van der Waals surface area contributed by atoms with Crippen LogP contribution in [0.25, 0.3) is 10.9 Å². The van der Waals surface area contributed by atoms with Crippen LogP contribution in [0.5, 0.6) is 0 Å². The third-order valence-corrected chi connectivity index (χ3v) is 3.29. The minimum Gasteiger partial charge on any atom is -0.478 e. The number of carbonyl (C=O) groups is 1. The third-order valence-electron chi connectivity index (χ3n) is 3.29. The highest BCUT2D eigenvalue weighted by Crippen LogP contribution is 2.26. The van der Waals surface area contributed by atoms with Crippen molar-refractivity contribution in [1.29, 1.82) is 0 Å². The van der Waals surface area contributed by atoms with Gasteiger partial charge in [0.1, 0.15) is 0 Å². The van der Waals surface area contributed by atoms with E-state index in [9.17, 15) is 4.79 Å². The second kappa shape index (κ2) is 5.45. The van der Waals surface area contributed by atoms with Gasteiger partial charge in [0.25, 0.3) is 0 Å². The number of benzene rings is 1. The second-order valence-corrected chi connectivity index (χ2v) is 4.97. The van der Waals surface area contributed by atoms with Crippen molar-refractivity contribution in [3.8, 4) is 0 Å².